The van der Waals surface area contributed by atoms with Crippen LogP contribution in [0, 0.1) is 0 Å². The monoisotopic (exact) mass is 268 g/mol. The second-order valence-corrected chi connectivity index (χ2v) is 5.86. The number of aliphatic carboxylic acids is 1. The molecule has 4 heteroatoms. The van der Waals surface area contributed by atoms with Gasteiger partial charge in [0.05, 0.1) is 6.16 Å². The molecule has 0 aliphatic carbocycles. The van der Waals surface area contributed by atoms with Crippen LogP contribution in [-0.2, 0) is 4.79 Å². The third-order valence-corrected chi connectivity index (χ3v) is 4.86. The van der Waals surface area contributed by atoms with Crippen molar-refractivity contribution in [3.63, 3.8) is 0 Å². The molecule has 0 aromatic heterocycles. The zero-order valence-corrected chi connectivity index (χ0v) is 10.2. The van der Waals surface area contributed by atoms with Crippen molar-refractivity contribution >= 4 is 54.1 Å². The minimum atomic E-state index is -0.790. The summed E-state index contributed by atoms with van der Waals surface area (Å²) in [5, 5.41) is 11.2. The zero-order valence-electron chi connectivity index (χ0n) is 9.28. The number of hydrogen-bond acceptors (Lipinski definition) is 1. The second-order valence-electron chi connectivity index (χ2n) is 3.65. The molecular formula is C14H14NaO2P. The maximum absolute atomic E-state index is 11.0. The zero-order chi connectivity index (χ0) is 12.1. The molecule has 0 fully saturated rings. The van der Waals surface area contributed by atoms with Crippen LogP contribution in [0.3, 0.4) is 0 Å². The van der Waals surface area contributed by atoms with E-state index in [1.807, 2.05) is 60.7 Å². The molecule has 0 unspecified atom stereocenters. The van der Waals surface area contributed by atoms with Crippen LogP contribution < -0.4 is 10.6 Å². The normalized spacial score (nSPS) is 9.83. The predicted molar refractivity (Wildman–Crippen MR) is 78.7 cm³/mol. The van der Waals surface area contributed by atoms with E-state index in [0.29, 0.717) is 0 Å². The van der Waals surface area contributed by atoms with E-state index in [1.54, 1.807) is 0 Å². The van der Waals surface area contributed by atoms with Crippen LogP contribution in [0.5, 0.6) is 0 Å². The first kappa shape index (κ1) is 15.4. The van der Waals surface area contributed by atoms with Crippen LogP contribution in [0.15, 0.2) is 60.7 Å². The number of carboxylic acids is 1. The molecule has 2 nitrogen and oxygen atoms in total. The summed E-state index contributed by atoms with van der Waals surface area (Å²) in [5.41, 5.74) is 0. The van der Waals surface area contributed by atoms with Crippen LogP contribution in [0.1, 0.15) is 0 Å². The van der Waals surface area contributed by atoms with E-state index in [0.717, 1.165) is 10.6 Å². The molecule has 88 valence electrons. The van der Waals surface area contributed by atoms with E-state index in [4.69, 9.17) is 5.11 Å². The van der Waals surface area contributed by atoms with Gasteiger partial charge >= 0.3 is 35.5 Å². The Morgan fingerprint density at radius 3 is 1.61 bits per heavy atom. The van der Waals surface area contributed by atoms with Crippen LogP contribution >= 0.6 is 7.92 Å². The maximum atomic E-state index is 11.0. The number of carbonyl (C=O) groups is 1. The Kier molecular flexibility index (Phi) is 6.59. The summed E-state index contributed by atoms with van der Waals surface area (Å²) in [5.74, 6) is -0.746. The Balaban J connectivity index is 0.00000162. The molecule has 0 saturated heterocycles. The van der Waals surface area contributed by atoms with E-state index in [-0.39, 0.29) is 35.7 Å². The average Bonchev–Trinajstić information content (AvgIpc) is 2.38. The van der Waals surface area contributed by atoms with Gasteiger partial charge in [0.15, 0.2) is 0 Å². The van der Waals surface area contributed by atoms with Crippen molar-refractivity contribution in [2.45, 2.75) is 0 Å². The summed E-state index contributed by atoms with van der Waals surface area (Å²) in [4.78, 5) is 11.0. The standard InChI is InChI=1S/C14H13O2P.Na.H/c15-14(16)11-17(12-7-3-1-4-8-12)13-9-5-2-6-10-13;;/h1-10H,11H2,(H,15,16);;. The first-order valence-electron chi connectivity index (χ1n) is 5.37. The molecule has 0 spiro atoms. The third kappa shape index (κ3) is 4.22. The molecule has 2 rings (SSSR count). The predicted octanol–water partition coefficient (Wildman–Crippen LogP) is 1.56. The number of carboxylic acid groups (broad SMARTS) is 1. The molecule has 18 heavy (non-hydrogen) atoms. The average molecular weight is 268 g/mol. The van der Waals surface area contributed by atoms with Gasteiger partial charge in [-0.1, -0.05) is 60.7 Å². The molecule has 0 aliphatic rings. The van der Waals surface area contributed by atoms with E-state index in [2.05, 4.69) is 0 Å². The van der Waals surface area contributed by atoms with Crippen LogP contribution in [-0.4, -0.2) is 46.8 Å². The number of hydrogen-bond donors (Lipinski definition) is 1. The second kappa shape index (κ2) is 7.70. The molecule has 0 saturated carbocycles. The van der Waals surface area contributed by atoms with Crippen molar-refractivity contribution in [3.05, 3.63) is 60.7 Å². The van der Waals surface area contributed by atoms with Gasteiger partial charge in [-0.2, -0.15) is 0 Å². The fourth-order valence-corrected chi connectivity index (χ4v) is 3.68. The summed E-state index contributed by atoms with van der Waals surface area (Å²) in [6, 6.07) is 19.7. The molecule has 0 atom stereocenters. The van der Waals surface area contributed by atoms with E-state index < -0.39 is 13.9 Å². The quantitative estimate of drug-likeness (QED) is 0.675. The van der Waals surface area contributed by atoms with Crippen molar-refractivity contribution in [2.24, 2.45) is 0 Å². The van der Waals surface area contributed by atoms with Gasteiger partial charge in [-0.3, -0.25) is 4.79 Å². The summed E-state index contributed by atoms with van der Waals surface area (Å²) < 4.78 is 0. The van der Waals surface area contributed by atoms with Crippen molar-refractivity contribution in [1.29, 1.82) is 0 Å². The van der Waals surface area contributed by atoms with Gasteiger partial charge in [-0.05, 0) is 18.5 Å². The summed E-state index contributed by atoms with van der Waals surface area (Å²) in [6.07, 6.45) is 0.184. The Hall–Kier alpha value is -0.660. The molecule has 0 aliphatic heterocycles. The third-order valence-electron chi connectivity index (χ3n) is 2.43. The number of benzene rings is 2. The molecular weight excluding hydrogens is 254 g/mol. The fourth-order valence-electron chi connectivity index (χ4n) is 1.68. The topological polar surface area (TPSA) is 37.3 Å². The van der Waals surface area contributed by atoms with E-state index >= 15 is 0 Å². The summed E-state index contributed by atoms with van der Waals surface area (Å²) in [6.45, 7) is 0. The van der Waals surface area contributed by atoms with Gasteiger partial charge in [-0.25, -0.2) is 0 Å². The van der Waals surface area contributed by atoms with Crippen LogP contribution in [0.2, 0.25) is 0 Å². The molecule has 0 heterocycles. The van der Waals surface area contributed by atoms with Gasteiger partial charge in [-0.15, -0.1) is 0 Å². The van der Waals surface area contributed by atoms with Gasteiger partial charge in [0.2, 0.25) is 0 Å². The molecule has 0 amide bonds. The minimum absolute atomic E-state index is 0. The van der Waals surface area contributed by atoms with Gasteiger partial charge in [0.1, 0.15) is 0 Å². The van der Waals surface area contributed by atoms with Crippen molar-refractivity contribution in [1.82, 2.24) is 0 Å². The van der Waals surface area contributed by atoms with Crippen molar-refractivity contribution in [3.8, 4) is 0 Å². The Labute approximate surface area is 130 Å². The van der Waals surface area contributed by atoms with Gasteiger partial charge < -0.3 is 5.11 Å². The van der Waals surface area contributed by atoms with Gasteiger partial charge in [0.25, 0.3) is 0 Å². The van der Waals surface area contributed by atoms with Crippen LogP contribution in [0.4, 0.5) is 0 Å². The van der Waals surface area contributed by atoms with E-state index in [1.165, 1.54) is 0 Å². The molecule has 0 radical (unpaired) electrons. The van der Waals surface area contributed by atoms with E-state index in [9.17, 15) is 4.79 Å². The van der Waals surface area contributed by atoms with Crippen LogP contribution in [0.25, 0.3) is 0 Å². The fraction of sp³-hybridized carbons (Fsp3) is 0.0714. The SMILES string of the molecule is O=C(O)CP(c1ccccc1)c1ccccc1.[NaH]. The van der Waals surface area contributed by atoms with Gasteiger partial charge in [0, 0.05) is 0 Å². The first-order valence-corrected chi connectivity index (χ1v) is 6.89. The Bertz CT molecular complexity index is 448. The van der Waals surface area contributed by atoms with Crippen molar-refractivity contribution in [2.75, 3.05) is 6.16 Å². The van der Waals surface area contributed by atoms with Crippen molar-refractivity contribution < 1.29 is 9.90 Å². The molecule has 1 N–H and O–H groups in total. The summed E-state index contributed by atoms with van der Waals surface area (Å²) >= 11 is 0. The molecule has 0 bridgehead atoms. The Morgan fingerprint density at radius 2 is 1.28 bits per heavy atom. The Morgan fingerprint density at radius 1 is 0.889 bits per heavy atom. The molecule has 2 aromatic rings. The molecule has 2 aromatic carbocycles. The first-order chi connectivity index (χ1) is 8.27. The number of rotatable bonds is 4. The summed E-state index contributed by atoms with van der Waals surface area (Å²) in [7, 11) is -0.790.